The highest BCUT2D eigenvalue weighted by molar-refractivity contribution is 7.89. The van der Waals surface area contributed by atoms with Gasteiger partial charge in [-0.05, 0) is 30.3 Å². The molecule has 0 saturated heterocycles. The van der Waals surface area contributed by atoms with Crippen molar-refractivity contribution in [3.05, 3.63) is 59.7 Å². The maximum atomic E-state index is 12.8. The molecule has 23 heavy (non-hydrogen) atoms. The van der Waals surface area contributed by atoms with Gasteiger partial charge in [-0.1, -0.05) is 18.2 Å². The number of carboxylic acids is 1. The van der Waals surface area contributed by atoms with Crippen molar-refractivity contribution in [1.82, 2.24) is 4.31 Å². The van der Waals surface area contributed by atoms with Gasteiger partial charge >= 0.3 is 5.97 Å². The number of sulfonamides is 1. The molecule has 1 heterocycles. The number of hydrogen-bond acceptors (Lipinski definition) is 4. The lowest BCUT2D eigenvalue weighted by Gasteiger charge is -2.19. The Bertz CT molecular complexity index is 830. The number of fused-ring (bicyclic) bond motifs is 1. The van der Waals surface area contributed by atoms with Crippen molar-refractivity contribution >= 4 is 16.0 Å². The summed E-state index contributed by atoms with van der Waals surface area (Å²) in [5, 5.41) is 8.90. The van der Waals surface area contributed by atoms with Gasteiger partial charge in [0.25, 0.3) is 0 Å². The maximum Gasteiger partial charge on any atom is 0.335 e. The van der Waals surface area contributed by atoms with E-state index in [1.54, 1.807) is 0 Å². The fourth-order valence-electron chi connectivity index (χ4n) is 2.43. The van der Waals surface area contributed by atoms with Gasteiger partial charge in [-0.2, -0.15) is 4.31 Å². The molecule has 0 fully saturated rings. The molecule has 7 heteroatoms. The number of carboxylic acid groups (broad SMARTS) is 1. The number of carbonyl (C=O) groups is 1. The lowest BCUT2D eigenvalue weighted by Crippen LogP contribution is -2.32. The van der Waals surface area contributed by atoms with Crippen LogP contribution in [-0.2, 0) is 16.6 Å². The molecule has 0 atom stereocenters. The lowest BCUT2D eigenvalue weighted by molar-refractivity contribution is 0.0696. The van der Waals surface area contributed by atoms with Crippen LogP contribution in [0.2, 0.25) is 0 Å². The Morgan fingerprint density at radius 2 is 1.78 bits per heavy atom. The van der Waals surface area contributed by atoms with E-state index in [1.165, 1.54) is 28.6 Å². The van der Waals surface area contributed by atoms with Crippen molar-refractivity contribution in [2.24, 2.45) is 0 Å². The van der Waals surface area contributed by atoms with E-state index in [0.29, 0.717) is 5.75 Å². The second kappa shape index (κ2) is 6.02. The van der Waals surface area contributed by atoms with Gasteiger partial charge in [-0.25, -0.2) is 13.2 Å². The van der Waals surface area contributed by atoms with Crippen molar-refractivity contribution in [3.63, 3.8) is 0 Å². The van der Waals surface area contributed by atoms with Crippen LogP contribution in [0.1, 0.15) is 15.9 Å². The second-order valence-electron chi connectivity index (χ2n) is 5.12. The number of benzene rings is 2. The third kappa shape index (κ3) is 3.06. The smallest absolute Gasteiger partial charge is 0.335 e. The average Bonchev–Trinajstić information content (AvgIpc) is 2.77. The zero-order chi connectivity index (χ0) is 16.4. The number of aromatic carboxylic acids is 1. The summed E-state index contributed by atoms with van der Waals surface area (Å²) in [5.74, 6) is -0.405. The zero-order valence-corrected chi connectivity index (χ0v) is 13.0. The first kappa shape index (κ1) is 15.5. The Balaban J connectivity index is 1.92. The number of hydrogen-bond donors (Lipinski definition) is 1. The first-order valence-electron chi connectivity index (χ1n) is 7.03. The Hall–Kier alpha value is -2.38. The Kier molecular flexibility index (Phi) is 4.06. The molecule has 1 N–H and O–H groups in total. The Labute approximate surface area is 134 Å². The Morgan fingerprint density at radius 3 is 2.48 bits per heavy atom. The predicted molar refractivity (Wildman–Crippen MR) is 82.9 cm³/mol. The maximum absolute atomic E-state index is 12.8. The molecule has 1 aliphatic heterocycles. The van der Waals surface area contributed by atoms with Crippen LogP contribution >= 0.6 is 0 Å². The summed E-state index contributed by atoms with van der Waals surface area (Å²) in [7, 11) is -3.71. The van der Waals surface area contributed by atoms with Crippen LogP contribution in [0.15, 0.2) is 53.4 Å². The van der Waals surface area contributed by atoms with Gasteiger partial charge in [0.2, 0.25) is 10.0 Å². The molecular weight excluding hydrogens is 318 g/mol. The van der Waals surface area contributed by atoms with Crippen LogP contribution in [0.4, 0.5) is 0 Å². The summed E-state index contributed by atoms with van der Waals surface area (Å²) < 4.78 is 32.4. The van der Waals surface area contributed by atoms with Gasteiger partial charge in [0.1, 0.15) is 12.4 Å². The minimum absolute atomic E-state index is 0.0495. The van der Waals surface area contributed by atoms with E-state index in [0.717, 1.165) is 5.56 Å². The van der Waals surface area contributed by atoms with Crippen LogP contribution in [0, 0.1) is 0 Å². The van der Waals surface area contributed by atoms with Crippen molar-refractivity contribution in [2.45, 2.75) is 11.4 Å². The normalized spacial score (nSPS) is 15.3. The quantitative estimate of drug-likeness (QED) is 0.928. The molecule has 0 aromatic heterocycles. The summed E-state index contributed by atoms with van der Waals surface area (Å²) in [4.78, 5) is 10.9. The molecule has 120 valence electrons. The van der Waals surface area contributed by atoms with E-state index in [9.17, 15) is 13.2 Å². The van der Waals surface area contributed by atoms with Crippen molar-refractivity contribution in [3.8, 4) is 5.75 Å². The van der Waals surface area contributed by atoms with Crippen LogP contribution < -0.4 is 4.74 Å². The average molecular weight is 333 g/mol. The topological polar surface area (TPSA) is 83.9 Å². The van der Waals surface area contributed by atoms with Crippen LogP contribution in [0.25, 0.3) is 0 Å². The summed E-state index contributed by atoms with van der Waals surface area (Å²) in [5.41, 5.74) is 0.851. The van der Waals surface area contributed by atoms with Gasteiger partial charge in [0.05, 0.1) is 10.5 Å². The summed E-state index contributed by atoms with van der Waals surface area (Å²) >= 11 is 0. The molecule has 0 amide bonds. The molecule has 3 rings (SSSR count). The third-order valence-electron chi connectivity index (χ3n) is 3.66. The molecule has 2 aromatic carbocycles. The molecule has 0 spiro atoms. The predicted octanol–water partition coefficient (Wildman–Crippen LogP) is 1.97. The molecule has 0 saturated carbocycles. The van der Waals surface area contributed by atoms with Gasteiger partial charge in [0, 0.05) is 18.7 Å². The zero-order valence-electron chi connectivity index (χ0n) is 12.2. The van der Waals surface area contributed by atoms with Crippen molar-refractivity contribution in [2.75, 3.05) is 13.2 Å². The lowest BCUT2D eigenvalue weighted by atomic mass is 10.2. The van der Waals surface area contributed by atoms with E-state index < -0.39 is 16.0 Å². The number of nitrogens with zero attached hydrogens (tertiary/aromatic N) is 1. The van der Waals surface area contributed by atoms with Crippen LogP contribution in [0.3, 0.4) is 0 Å². The highest BCUT2D eigenvalue weighted by Gasteiger charge is 2.27. The van der Waals surface area contributed by atoms with Crippen LogP contribution in [-0.4, -0.2) is 37.0 Å². The monoisotopic (exact) mass is 333 g/mol. The van der Waals surface area contributed by atoms with Crippen LogP contribution in [0.5, 0.6) is 5.75 Å². The van der Waals surface area contributed by atoms with E-state index >= 15 is 0 Å². The van der Waals surface area contributed by atoms with E-state index in [-0.39, 0.29) is 30.2 Å². The molecule has 0 unspecified atom stereocenters. The highest BCUT2D eigenvalue weighted by Crippen LogP contribution is 2.26. The summed E-state index contributed by atoms with van der Waals surface area (Å²) in [6.45, 7) is 0.723. The number of para-hydroxylation sites is 1. The van der Waals surface area contributed by atoms with Gasteiger partial charge in [-0.15, -0.1) is 0 Å². The van der Waals surface area contributed by atoms with Gasteiger partial charge < -0.3 is 9.84 Å². The fourth-order valence-corrected chi connectivity index (χ4v) is 3.83. The fraction of sp³-hybridized carbons (Fsp3) is 0.188. The van der Waals surface area contributed by atoms with E-state index in [1.807, 2.05) is 24.3 Å². The van der Waals surface area contributed by atoms with Gasteiger partial charge in [0.15, 0.2) is 0 Å². The molecule has 0 radical (unpaired) electrons. The largest absolute Gasteiger partial charge is 0.492 e. The molecular formula is C16H15NO5S. The third-order valence-corrected chi connectivity index (χ3v) is 5.52. The second-order valence-corrected chi connectivity index (χ2v) is 7.06. The molecule has 2 aromatic rings. The van der Waals surface area contributed by atoms with Crippen molar-refractivity contribution < 1.29 is 23.1 Å². The first-order chi connectivity index (χ1) is 11.0. The minimum atomic E-state index is -3.71. The SMILES string of the molecule is O=C(O)c1ccc(S(=O)(=O)N2CCOc3ccccc3C2)cc1. The standard InChI is InChI=1S/C16H15NO5S/c18-16(19)12-5-7-14(8-6-12)23(20,21)17-9-10-22-15-4-2-1-3-13(15)11-17/h1-8H,9-11H2,(H,18,19). The van der Waals surface area contributed by atoms with Gasteiger partial charge in [-0.3, -0.25) is 0 Å². The van der Waals surface area contributed by atoms with Crippen molar-refractivity contribution in [1.29, 1.82) is 0 Å². The molecule has 6 nitrogen and oxygen atoms in total. The first-order valence-corrected chi connectivity index (χ1v) is 8.47. The molecule has 1 aliphatic rings. The number of rotatable bonds is 3. The Morgan fingerprint density at radius 1 is 1.09 bits per heavy atom. The number of ether oxygens (including phenoxy) is 1. The highest BCUT2D eigenvalue weighted by atomic mass is 32.2. The summed E-state index contributed by atoms with van der Waals surface area (Å²) in [6, 6.07) is 12.5. The van der Waals surface area contributed by atoms with E-state index in [2.05, 4.69) is 0 Å². The van der Waals surface area contributed by atoms with E-state index in [4.69, 9.17) is 9.84 Å². The summed E-state index contributed by atoms with van der Waals surface area (Å²) in [6.07, 6.45) is 0. The molecule has 0 bridgehead atoms. The minimum Gasteiger partial charge on any atom is -0.492 e. The molecule has 0 aliphatic carbocycles.